The second-order valence-electron chi connectivity index (χ2n) is 11.9. The van der Waals surface area contributed by atoms with Crippen molar-refractivity contribution in [3.63, 3.8) is 0 Å². The summed E-state index contributed by atoms with van der Waals surface area (Å²) in [6.07, 6.45) is -1.13. The third kappa shape index (κ3) is 6.47. The molecule has 1 atom stereocenters. The van der Waals surface area contributed by atoms with Crippen molar-refractivity contribution in [3.05, 3.63) is 47.0 Å². The molecule has 46 heavy (non-hydrogen) atoms. The number of hydrogen-bond donors (Lipinski definition) is 0. The average Bonchev–Trinajstić information content (AvgIpc) is 3.53. The summed E-state index contributed by atoms with van der Waals surface area (Å²) in [7, 11) is -6.17. The number of amides is 1. The van der Waals surface area contributed by atoms with Crippen molar-refractivity contribution in [2.24, 2.45) is 0 Å². The number of carbonyl (C=O) groups is 1. The highest BCUT2D eigenvalue weighted by Gasteiger charge is 2.49. The zero-order valence-electron chi connectivity index (χ0n) is 25.4. The zero-order valence-corrected chi connectivity index (χ0v) is 27.0. The summed E-state index contributed by atoms with van der Waals surface area (Å²) in [6.45, 7) is 10.4. The van der Waals surface area contributed by atoms with Crippen molar-refractivity contribution in [1.82, 2.24) is 19.7 Å². The molecule has 0 radical (unpaired) electrons. The summed E-state index contributed by atoms with van der Waals surface area (Å²) in [5, 5.41) is 5.81. The largest absolute Gasteiger partial charge is 0.534 e. The highest BCUT2D eigenvalue weighted by molar-refractivity contribution is 7.88. The van der Waals surface area contributed by atoms with Crippen molar-refractivity contribution in [2.75, 3.05) is 0 Å². The van der Waals surface area contributed by atoms with Crippen LogP contribution in [0.2, 0.25) is 0 Å². The number of thiophene rings is 1. The van der Waals surface area contributed by atoms with E-state index in [1.54, 1.807) is 46.2 Å². The quantitative estimate of drug-likeness (QED) is 0.118. The molecule has 10 nitrogen and oxygen atoms in total. The van der Waals surface area contributed by atoms with Crippen LogP contribution in [0.15, 0.2) is 29.6 Å². The van der Waals surface area contributed by atoms with Gasteiger partial charge in [0, 0.05) is 17.7 Å². The first-order valence-electron chi connectivity index (χ1n) is 13.9. The van der Waals surface area contributed by atoms with Gasteiger partial charge in [0.2, 0.25) is 5.88 Å². The van der Waals surface area contributed by atoms with Crippen molar-refractivity contribution in [1.29, 1.82) is 0 Å². The van der Waals surface area contributed by atoms with Crippen LogP contribution >= 0.6 is 11.3 Å². The Hall–Kier alpha value is -3.99. The van der Waals surface area contributed by atoms with E-state index in [1.165, 1.54) is 22.4 Å². The van der Waals surface area contributed by atoms with Gasteiger partial charge in [-0.15, -0.1) is 11.3 Å². The van der Waals surface area contributed by atoms with Gasteiger partial charge in [0.25, 0.3) is 0 Å². The highest BCUT2D eigenvalue weighted by Crippen LogP contribution is 2.47. The molecule has 0 bridgehead atoms. The molecule has 3 aromatic heterocycles. The maximum Gasteiger partial charge on any atom is 0.534 e. The van der Waals surface area contributed by atoms with E-state index in [4.69, 9.17) is 9.47 Å². The predicted octanol–water partition coefficient (Wildman–Crippen LogP) is 7.26. The monoisotopic (exact) mass is 688 g/mol. The lowest BCUT2D eigenvalue weighted by Gasteiger charge is -2.35. The molecule has 1 aliphatic rings. The highest BCUT2D eigenvalue weighted by atomic mass is 32.2. The molecule has 0 spiro atoms. The minimum atomic E-state index is -6.17. The van der Waals surface area contributed by atoms with E-state index in [9.17, 15) is 30.8 Å². The number of alkyl halides is 3. The molecule has 0 fully saturated rings. The molecule has 1 amide bonds. The SMILES string of the molecule is CC(C)Oc1cc(F)cc(F)c1-c1c(-c2cc3n(n2)C[C@@H](C)N(C(=O)OC(C)(C)C)C3)nc(OS(=O)(=O)C(F)(F)F)c2ccsc12. The Labute approximate surface area is 264 Å². The first-order chi connectivity index (χ1) is 21.3. The fourth-order valence-electron chi connectivity index (χ4n) is 4.87. The van der Waals surface area contributed by atoms with Crippen molar-refractivity contribution < 1.29 is 48.8 Å². The Kier molecular flexibility index (Phi) is 8.47. The molecule has 0 saturated carbocycles. The standard InChI is InChI=1S/C29H29F5N4O6S2/c1-14(2)42-21-10-16(30)9-19(31)22(21)23-24(35-26(18-7-8-45-25(18)23)44-46(40,41)29(32,33)34)20-11-17-13-37(15(3)12-38(17)36-20)27(39)43-28(4,5)6/h7-11,14-15H,12-13H2,1-6H3/t15-/m1/s1. The summed E-state index contributed by atoms with van der Waals surface area (Å²) in [4.78, 5) is 18.6. The number of hydrogen-bond acceptors (Lipinski definition) is 9. The molecule has 4 aromatic rings. The predicted molar refractivity (Wildman–Crippen MR) is 159 cm³/mol. The first kappa shape index (κ1) is 33.4. The van der Waals surface area contributed by atoms with E-state index in [1.807, 2.05) is 0 Å². The third-order valence-electron chi connectivity index (χ3n) is 6.71. The molecule has 0 unspecified atom stereocenters. The number of fused-ring (bicyclic) bond motifs is 2. The summed E-state index contributed by atoms with van der Waals surface area (Å²) in [5.41, 5.74) is -6.65. The molecule has 0 saturated heterocycles. The number of rotatable bonds is 6. The Morgan fingerprint density at radius 2 is 1.80 bits per heavy atom. The van der Waals surface area contributed by atoms with Gasteiger partial charge in [0.1, 0.15) is 34.4 Å². The van der Waals surface area contributed by atoms with Gasteiger partial charge in [-0.1, -0.05) is 0 Å². The van der Waals surface area contributed by atoms with Crippen LogP contribution < -0.4 is 8.92 Å². The van der Waals surface area contributed by atoms with Crippen LogP contribution in [0, 0.1) is 11.6 Å². The van der Waals surface area contributed by atoms with Gasteiger partial charge in [0.15, 0.2) is 0 Å². The Bertz CT molecular complexity index is 1930. The third-order valence-corrected chi connectivity index (χ3v) is 8.59. The second kappa shape index (κ2) is 11.7. The molecular formula is C29H29F5N4O6S2. The summed E-state index contributed by atoms with van der Waals surface area (Å²) in [5.74, 6) is -3.16. The van der Waals surface area contributed by atoms with Crippen LogP contribution in [-0.4, -0.2) is 57.4 Å². The number of carbonyl (C=O) groups excluding carboxylic acids is 1. The van der Waals surface area contributed by atoms with E-state index >= 15 is 4.39 Å². The zero-order chi connectivity index (χ0) is 33.9. The fourth-order valence-corrected chi connectivity index (χ4v) is 6.24. The number of halogens is 5. The Morgan fingerprint density at radius 1 is 1.11 bits per heavy atom. The van der Waals surface area contributed by atoms with Gasteiger partial charge in [0.05, 0.1) is 46.6 Å². The number of ether oxygens (including phenoxy) is 2. The number of nitrogens with zero attached hydrogens (tertiary/aromatic N) is 4. The molecule has 5 rings (SSSR count). The smallest absolute Gasteiger partial charge is 0.490 e. The summed E-state index contributed by atoms with van der Waals surface area (Å²) < 4.78 is 112. The minimum Gasteiger partial charge on any atom is -0.490 e. The van der Waals surface area contributed by atoms with Crippen molar-refractivity contribution >= 4 is 37.6 Å². The molecular weight excluding hydrogens is 659 g/mol. The van der Waals surface area contributed by atoms with Gasteiger partial charge < -0.3 is 13.7 Å². The number of benzene rings is 1. The molecule has 0 aliphatic carbocycles. The lowest BCUT2D eigenvalue weighted by Crippen LogP contribution is -2.46. The molecule has 1 aliphatic heterocycles. The average molecular weight is 689 g/mol. The van der Waals surface area contributed by atoms with Crippen LogP contribution in [0.4, 0.5) is 26.7 Å². The minimum absolute atomic E-state index is 0.00739. The molecule has 17 heteroatoms. The van der Waals surface area contributed by atoms with Crippen molar-refractivity contribution in [2.45, 2.75) is 77.9 Å². The van der Waals surface area contributed by atoms with E-state index in [0.29, 0.717) is 11.8 Å². The Balaban J connectivity index is 1.75. The normalized spacial score (nSPS) is 15.7. The van der Waals surface area contributed by atoms with E-state index in [2.05, 4.69) is 14.3 Å². The first-order valence-corrected chi connectivity index (χ1v) is 16.2. The van der Waals surface area contributed by atoms with Crippen molar-refractivity contribution in [3.8, 4) is 34.1 Å². The maximum atomic E-state index is 15.8. The lowest BCUT2D eigenvalue weighted by atomic mass is 9.98. The summed E-state index contributed by atoms with van der Waals surface area (Å²) >= 11 is 0.934. The van der Waals surface area contributed by atoms with E-state index in [0.717, 1.165) is 17.4 Å². The van der Waals surface area contributed by atoms with Crippen LogP contribution in [0.1, 0.15) is 47.2 Å². The van der Waals surface area contributed by atoms with Gasteiger partial charge in [-0.3, -0.25) is 9.58 Å². The van der Waals surface area contributed by atoms with E-state index in [-0.39, 0.29) is 51.4 Å². The summed E-state index contributed by atoms with van der Waals surface area (Å²) in [6, 6.07) is 3.94. The van der Waals surface area contributed by atoms with Crippen LogP contribution in [-0.2, 0) is 27.9 Å². The van der Waals surface area contributed by atoms with Gasteiger partial charge in [-0.25, -0.2) is 18.6 Å². The number of pyridine rings is 1. The van der Waals surface area contributed by atoms with Crippen LogP contribution in [0.5, 0.6) is 11.6 Å². The second-order valence-corrected chi connectivity index (χ2v) is 14.3. The van der Waals surface area contributed by atoms with Gasteiger partial charge >= 0.3 is 21.7 Å². The molecule has 248 valence electrons. The van der Waals surface area contributed by atoms with Crippen LogP contribution in [0.25, 0.3) is 32.6 Å². The molecule has 1 aromatic carbocycles. The van der Waals surface area contributed by atoms with Gasteiger partial charge in [-0.05, 0) is 59.1 Å². The van der Waals surface area contributed by atoms with E-state index < -0.39 is 57.0 Å². The molecule has 4 heterocycles. The fraction of sp³-hybridized carbons (Fsp3) is 0.414. The number of aromatic nitrogens is 3. The maximum absolute atomic E-state index is 15.8. The van der Waals surface area contributed by atoms with Gasteiger partial charge in [-0.2, -0.15) is 26.7 Å². The molecule has 0 N–H and O–H groups in total. The lowest BCUT2D eigenvalue weighted by molar-refractivity contribution is -0.0500. The topological polar surface area (TPSA) is 113 Å². The van der Waals surface area contributed by atoms with Crippen LogP contribution in [0.3, 0.4) is 0 Å². The Morgan fingerprint density at radius 3 is 2.43 bits per heavy atom.